The van der Waals surface area contributed by atoms with Crippen LogP contribution in [0.5, 0.6) is 0 Å². The van der Waals surface area contributed by atoms with Crippen LogP contribution in [0.25, 0.3) is 11.1 Å². The largest absolute Gasteiger partial charge is 0.392 e. The van der Waals surface area contributed by atoms with E-state index in [1.807, 2.05) is 29.0 Å². The van der Waals surface area contributed by atoms with Crippen LogP contribution in [0.15, 0.2) is 48.8 Å². The lowest BCUT2D eigenvalue weighted by atomic mass is 10.0. The second-order valence-corrected chi connectivity index (χ2v) is 9.34. The van der Waals surface area contributed by atoms with Gasteiger partial charge in [-0.25, -0.2) is 9.37 Å². The minimum atomic E-state index is -0.400. The number of benzene rings is 1. The molecule has 0 saturated carbocycles. The van der Waals surface area contributed by atoms with Crippen LogP contribution >= 0.6 is 0 Å². The molecule has 0 aliphatic carbocycles. The third kappa shape index (κ3) is 5.13. The number of hydrogen-bond donors (Lipinski definition) is 2. The molecular formula is C27H31FN4O4. The van der Waals surface area contributed by atoms with Gasteiger partial charge in [-0.3, -0.25) is 4.79 Å². The number of nitrogens with zero attached hydrogens (tertiary/aromatic N) is 3. The average molecular weight is 495 g/mol. The molecule has 5 rings (SSSR count). The lowest BCUT2D eigenvalue weighted by molar-refractivity contribution is 0.0386. The van der Waals surface area contributed by atoms with Crippen LogP contribution in [0.3, 0.4) is 0 Å². The molecule has 0 bridgehead atoms. The number of carbonyl (C=O) groups is 1. The van der Waals surface area contributed by atoms with Gasteiger partial charge >= 0.3 is 0 Å². The first kappa shape index (κ1) is 24.4. The van der Waals surface area contributed by atoms with Crippen molar-refractivity contribution in [2.45, 2.75) is 44.6 Å². The molecule has 0 radical (unpaired) electrons. The van der Waals surface area contributed by atoms with Crippen molar-refractivity contribution >= 4 is 11.7 Å². The van der Waals surface area contributed by atoms with E-state index < -0.39 is 5.82 Å². The Balaban J connectivity index is 1.41. The Morgan fingerprint density at radius 1 is 1.17 bits per heavy atom. The van der Waals surface area contributed by atoms with E-state index >= 15 is 0 Å². The van der Waals surface area contributed by atoms with Crippen molar-refractivity contribution in [3.05, 3.63) is 71.4 Å². The van der Waals surface area contributed by atoms with Crippen molar-refractivity contribution in [2.24, 2.45) is 0 Å². The smallest absolute Gasteiger partial charge is 0.271 e. The van der Waals surface area contributed by atoms with E-state index in [1.54, 1.807) is 24.3 Å². The number of anilines is 1. The van der Waals surface area contributed by atoms with Crippen molar-refractivity contribution in [3.63, 3.8) is 0 Å². The van der Waals surface area contributed by atoms with Gasteiger partial charge in [-0.15, -0.1) is 0 Å². The number of pyridine rings is 1. The maximum atomic E-state index is 14.0. The molecule has 1 amide bonds. The number of hydrogen-bond acceptors (Lipinski definition) is 6. The number of methoxy groups -OCH3 is 1. The zero-order valence-corrected chi connectivity index (χ0v) is 20.3. The monoisotopic (exact) mass is 494 g/mol. The van der Waals surface area contributed by atoms with Gasteiger partial charge in [-0.1, -0.05) is 6.07 Å². The summed E-state index contributed by atoms with van der Waals surface area (Å²) in [6, 6.07) is 10.2. The summed E-state index contributed by atoms with van der Waals surface area (Å²) in [6.45, 7) is 2.36. The molecule has 1 unspecified atom stereocenters. The topological polar surface area (TPSA) is 88.8 Å². The first-order chi connectivity index (χ1) is 17.6. The Morgan fingerprint density at radius 2 is 2.00 bits per heavy atom. The SMILES string of the molecule is COCC1Cn2cc(-c3ccnc(NC4CCOCC4)c3)cc2C(=O)N1Cc1cc(F)ccc1CO. The Morgan fingerprint density at radius 3 is 2.78 bits per heavy atom. The Bertz CT molecular complexity index is 1220. The van der Waals surface area contributed by atoms with E-state index in [-0.39, 0.29) is 25.1 Å². The minimum Gasteiger partial charge on any atom is -0.392 e. The lowest BCUT2D eigenvalue weighted by Crippen LogP contribution is -2.49. The normalized spacial score (nSPS) is 18.4. The molecule has 2 N–H and O–H groups in total. The number of aliphatic hydroxyl groups is 1. The van der Waals surface area contributed by atoms with Gasteiger partial charge in [0.15, 0.2) is 0 Å². The fourth-order valence-electron chi connectivity index (χ4n) is 4.99. The van der Waals surface area contributed by atoms with Gasteiger partial charge in [-0.05, 0) is 59.9 Å². The molecule has 1 atom stereocenters. The highest BCUT2D eigenvalue weighted by molar-refractivity contribution is 5.95. The number of carbonyl (C=O) groups excluding carboxylic acids is 1. The molecule has 190 valence electrons. The fraction of sp³-hybridized carbons (Fsp3) is 0.407. The van der Waals surface area contributed by atoms with Crippen LogP contribution in [0, 0.1) is 5.82 Å². The van der Waals surface area contributed by atoms with E-state index in [2.05, 4.69) is 10.3 Å². The number of ether oxygens (including phenoxy) is 2. The summed E-state index contributed by atoms with van der Waals surface area (Å²) in [6.07, 6.45) is 5.65. The summed E-state index contributed by atoms with van der Waals surface area (Å²) in [5, 5.41) is 13.2. The molecule has 2 aliphatic heterocycles. The number of halogens is 1. The van der Waals surface area contributed by atoms with Gasteiger partial charge in [0.2, 0.25) is 0 Å². The summed E-state index contributed by atoms with van der Waals surface area (Å²) < 4.78 is 26.8. The Kier molecular flexibility index (Phi) is 7.31. The number of fused-ring (bicyclic) bond motifs is 1. The highest BCUT2D eigenvalue weighted by Gasteiger charge is 2.33. The Hall–Kier alpha value is -3.27. The summed E-state index contributed by atoms with van der Waals surface area (Å²) in [5.41, 5.74) is 3.65. The molecule has 4 heterocycles. The third-order valence-electron chi connectivity index (χ3n) is 6.93. The molecule has 8 nitrogen and oxygen atoms in total. The lowest BCUT2D eigenvalue weighted by Gasteiger charge is -2.36. The van der Waals surface area contributed by atoms with Crippen LogP contribution in [0.4, 0.5) is 10.2 Å². The van der Waals surface area contributed by atoms with Gasteiger partial charge in [-0.2, -0.15) is 0 Å². The van der Waals surface area contributed by atoms with Gasteiger partial charge < -0.3 is 29.4 Å². The molecule has 2 aromatic heterocycles. The quantitative estimate of drug-likeness (QED) is 0.499. The molecule has 3 aromatic rings. The maximum absolute atomic E-state index is 14.0. The summed E-state index contributed by atoms with van der Waals surface area (Å²) >= 11 is 0. The van der Waals surface area contributed by atoms with Crippen LogP contribution in [0.1, 0.15) is 34.5 Å². The number of amides is 1. The predicted molar refractivity (Wildman–Crippen MR) is 133 cm³/mol. The van der Waals surface area contributed by atoms with Crippen molar-refractivity contribution in [1.29, 1.82) is 0 Å². The molecular weight excluding hydrogens is 463 g/mol. The van der Waals surface area contributed by atoms with Crippen molar-refractivity contribution in [3.8, 4) is 11.1 Å². The number of aromatic nitrogens is 2. The molecule has 1 fully saturated rings. The molecule has 0 spiro atoms. The van der Waals surface area contributed by atoms with Gasteiger partial charge in [0.25, 0.3) is 5.91 Å². The number of rotatable bonds is 8. The zero-order chi connectivity index (χ0) is 25.1. The maximum Gasteiger partial charge on any atom is 0.271 e. The zero-order valence-electron chi connectivity index (χ0n) is 20.3. The summed E-state index contributed by atoms with van der Waals surface area (Å²) in [7, 11) is 1.60. The van der Waals surface area contributed by atoms with Gasteiger partial charge in [0.1, 0.15) is 17.3 Å². The fourth-order valence-corrected chi connectivity index (χ4v) is 4.99. The van der Waals surface area contributed by atoms with Crippen LogP contribution in [-0.2, 0) is 29.2 Å². The second kappa shape index (κ2) is 10.8. The summed E-state index contributed by atoms with van der Waals surface area (Å²) in [4.78, 5) is 19.8. The van der Waals surface area contributed by atoms with Gasteiger partial charge in [0, 0.05) is 57.4 Å². The molecule has 1 saturated heterocycles. The van der Waals surface area contributed by atoms with E-state index in [4.69, 9.17) is 9.47 Å². The third-order valence-corrected chi connectivity index (χ3v) is 6.93. The Labute approximate surface area is 209 Å². The van der Waals surface area contributed by atoms with Crippen LogP contribution < -0.4 is 5.32 Å². The van der Waals surface area contributed by atoms with E-state index in [1.165, 1.54) is 12.1 Å². The second-order valence-electron chi connectivity index (χ2n) is 9.34. The predicted octanol–water partition coefficient (Wildman–Crippen LogP) is 3.44. The summed E-state index contributed by atoms with van der Waals surface area (Å²) in [5.74, 6) is 0.247. The average Bonchev–Trinajstić information content (AvgIpc) is 3.32. The van der Waals surface area contributed by atoms with E-state index in [9.17, 15) is 14.3 Å². The number of aliphatic hydroxyl groups excluding tert-OH is 1. The molecule has 1 aromatic carbocycles. The first-order valence-electron chi connectivity index (χ1n) is 12.2. The van der Waals surface area contributed by atoms with Crippen molar-refractivity contribution < 1.29 is 23.8 Å². The van der Waals surface area contributed by atoms with Crippen molar-refractivity contribution in [2.75, 3.05) is 32.2 Å². The highest BCUT2D eigenvalue weighted by Crippen LogP contribution is 2.30. The van der Waals surface area contributed by atoms with E-state index in [0.29, 0.717) is 36.0 Å². The van der Waals surface area contributed by atoms with Gasteiger partial charge in [0.05, 0.1) is 19.3 Å². The first-order valence-corrected chi connectivity index (χ1v) is 12.2. The van der Waals surface area contributed by atoms with Crippen molar-refractivity contribution in [1.82, 2.24) is 14.5 Å². The standard InChI is InChI=1S/C27H31FN4O4/c1-35-17-24-15-31-13-21(18-4-7-29-26(12-18)30-23-5-8-36-9-6-23)11-25(31)27(34)32(24)14-20-10-22(28)3-2-19(20)16-33/h2-4,7,10-13,23-24,33H,5-6,8-9,14-17H2,1H3,(H,29,30). The van der Waals surface area contributed by atoms with Crippen LogP contribution in [0.2, 0.25) is 0 Å². The van der Waals surface area contributed by atoms with Crippen LogP contribution in [-0.4, -0.2) is 64.5 Å². The highest BCUT2D eigenvalue weighted by atomic mass is 19.1. The molecule has 2 aliphatic rings. The molecule has 36 heavy (non-hydrogen) atoms. The molecule has 9 heteroatoms. The van der Waals surface area contributed by atoms with E-state index in [0.717, 1.165) is 43.0 Å². The minimum absolute atomic E-state index is 0.155. The number of nitrogens with one attached hydrogen (secondary N) is 1.